The average molecular weight is 381 g/mol. The van der Waals surface area contributed by atoms with E-state index in [4.69, 9.17) is 4.42 Å². The van der Waals surface area contributed by atoms with Gasteiger partial charge < -0.3 is 9.73 Å². The van der Waals surface area contributed by atoms with Gasteiger partial charge in [0.1, 0.15) is 5.76 Å². The molecule has 0 aliphatic carbocycles. The van der Waals surface area contributed by atoms with E-state index in [1.165, 1.54) is 4.90 Å². The Morgan fingerprint density at radius 3 is 2.52 bits per heavy atom. The molecule has 0 saturated heterocycles. The van der Waals surface area contributed by atoms with Gasteiger partial charge in [-0.05, 0) is 56.7 Å². The lowest BCUT2D eigenvalue weighted by Gasteiger charge is -2.11. The maximum Gasteiger partial charge on any atom is 0.251 e. The molecule has 4 nitrogen and oxygen atoms in total. The fourth-order valence-corrected chi connectivity index (χ4v) is 3.45. The molecule has 0 radical (unpaired) electrons. The summed E-state index contributed by atoms with van der Waals surface area (Å²) in [6.45, 7) is 5.98. The zero-order valence-electron chi connectivity index (χ0n) is 15.9. The number of carbonyl (C=O) groups excluding carboxylic acids is 1. The molecule has 1 heterocycles. The van der Waals surface area contributed by atoms with Crippen LogP contribution < -0.4 is 5.32 Å². The number of thioether (sulfide) groups is 1. The zero-order chi connectivity index (χ0) is 19.2. The van der Waals surface area contributed by atoms with Crippen molar-refractivity contribution in [2.24, 2.45) is 0 Å². The SMILES string of the molecule is CC[C@H](C)NC(=O)c1ccc(-c2nc(CSc3ccccc3)c(C)o2)cc1. The second-order valence-electron chi connectivity index (χ2n) is 6.48. The third-order valence-corrected chi connectivity index (χ3v) is 5.42. The lowest BCUT2D eigenvalue weighted by Crippen LogP contribution is -2.31. The molecule has 3 aromatic rings. The molecule has 5 heteroatoms. The number of amides is 1. The van der Waals surface area contributed by atoms with E-state index in [1.54, 1.807) is 11.8 Å². The number of nitrogens with one attached hydrogen (secondary N) is 1. The van der Waals surface area contributed by atoms with Crippen LogP contribution in [0.25, 0.3) is 11.5 Å². The Hall–Kier alpha value is -2.53. The molecule has 1 amide bonds. The van der Waals surface area contributed by atoms with E-state index in [9.17, 15) is 4.79 Å². The van der Waals surface area contributed by atoms with E-state index in [-0.39, 0.29) is 11.9 Å². The van der Waals surface area contributed by atoms with Gasteiger partial charge >= 0.3 is 0 Å². The van der Waals surface area contributed by atoms with Crippen LogP contribution in [0.2, 0.25) is 0 Å². The van der Waals surface area contributed by atoms with E-state index in [0.717, 1.165) is 29.2 Å². The number of rotatable bonds is 7. The molecule has 0 aliphatic rings. The second-order valence-corrected chi connectivity index (χ2v) is 7.53. The monoisotopic (exact) mass is 380 g/mol. The Morgan fingerprint density at radius 1 is 1.15 bits per heavy atom. The summed E-state index contributed by atoms with van der Waals surface area (Å²) in [5, 5.41) is 2.97. The molecule has 140 valence electrons. The van der Waals surface area contributed by atoms with Gasteiger partial charge in [-0.15, -0.1) is 11.8 Å². The minimum Gasteiger partial charge on any atom is -0.441 e. The normalized spacial score (nSPS) is 12.0. The minimum absolute atomic E-state index is 0.0561. The Kier molecular flexibility index (Phi) is 6.35. The van der Waals surface area contributed by atoms with Crippen LogP contribution in [0.5, 0.6) is 0 Å². The number of hydrogen-bond acceptors (Lipinski definition) is 4. The first kappa shape index (κ1) is 19.2. The number of carbonyl (C=O) groups is 1. The van der Waals surface area contributed by atoms with Crippen LogP contribution in [0.1, 0.15) is 42.1 Å². The molecule has 1 atom stereocenters. The van der Waals surface area contributed by atoms with E-state index in [1.807, 2.05) is 63.2 Å². The number of nitrogens with zero attached hydrogens (tertiary/aromatic N) is 1. The van der Waals surface area contributed by atoms with Gasteiger partial charge in [-0.3, -0.25) is 4.79 Å². The van der Waals surface area contributed by atoms with Crippen molar-refractivity contribution in [3.63, 3.8) is 0 Å². The summed E-state index contributed by atoms with van der Waals surface area (Å²) in [6.07, 6.45) is 0.906. The summed E-state index contributed by atoms with van der Waals surface area (Å²) >= 11 is 1.73. The molecule has 0 saturated carbocycles. The van der Waals surface area contributed by atoms with Gasteiger partial charge in [-0.25, -0.2) is 4.98 Å². The highest BCUT2D eigenvalue weighted by molar-refractivity contribution is 7.98. The summed E-state index contributed by atoms with van der Waals surface area (Å²) in [4.78, 5) is 18.0. The summed E-state index contributed by atoms with van der Waals surface area (Å²) in [7, 11) is 0. The van der Waals surface area contributed by atoms with Gasteiger partial charge in [-0.1, -0.05) is 25.1 Å². The first-order valence-electron chi connectivity index (χ1n) is 9.12. The minimum atomic E-state index is -0.0561. The fraction of sp³-hybridized carbons (Fsp3) is 0.273. The van der Waals surface area contributed by atoms with Crippen LogP contribution in [0, 0.1) is 6.92 Å². The second kappa shape index (κ2) is 8.91. The van der Waals surface area contributed by atoms with E-state index >= 15 is 0 Å². The summed E-state index contributed by atoms with van der Waals surface area (Å²) in [6, 6.07) is 17.8. The van der Waals surface area contributed by atoms with Crippen molar-refractivity contribution in [1.82, 2.24) is 10.3 Å². The molecule has 27 heavy (non-hydrogen) atoms. The number of benzene rings is 2. The third-order valence-electron chi connectivity index (χ3n) is 4.40. The van der Waals surface area contributed by atoms with Crippen LogP contribution in [-0.2, 0) is 5.75 Å². The van der Waals surface area contributed by atoms with Gasteiger partial charge in [0.2, 0.25) is 5.89 Å². The highest BCUT2D eigenvalue weighted by Crippen LogP contribution is 2.27. The number of oxazole rings is 1. The lowest BCUT2D eigenvalue weighted by molar-refractivity contribution is 0.0939. The van der Waals surface area contributed by atoms with Crippen LogP contribution >= 0.6 is 11.8 Å². The molecule has 3 rings (SSSR count). The quantitative estimate of drug-likeness (QED) is 0.552. The Labute approximate surface area is 164 Å². The van der Waals surface area contributed by atoms with Gasteiger partial charge in [0.25, 0.3) is 5.91 Å². The van der Waals surface area contributed by atoms with E-state index in [2.05, 4.69) is 22.4 Å². The number of hydrogen-bond donors (Lipinski definition) is 1. The molecular weight excluding hydrogens is 356 g/mol. The van der Waals surface area contributed by atoms with Crippen molar-refractivity contribution in [3.8, 4) is 11.5 Å². The molecule has 0 fully saturated rings. The molecule has 1 N–H and O–H groups in total. The highest BCUT2D eigenvalue weighted by atomic mass is 32.2. The molecule has 2 aromatic carbocycles. The van der Waals surface area contributed by atoms with Gasteiger partial charge in [0, 0.05) is 27.8 Å². The zero-order valence-corrected chi connectivity index (χ0v) is 16.7. The van der Waals surface area contributed by atoms with Crippen LogP contribution in [0.3, 0.4) is 0 Å². The average Bonchev–Trinajstić information content (AvgIpc) is 3.07. The Bertz CT molecular complexity index is 888. The van der Waals surface area contributed by atoms with Crippen LogP contribution in [-0.4, -0.2) is 16.9 Å². The maximum atomic E-state index is 12.2. The fourth-order valence-electron chi connectivity index (χ4n) is 2.53. The Morgan fingerprint density at radius 2 is 1.85 bits per heavy atom. The smallest absolute Gasteiger partial charge is 0.251 e. The summed E-state index contributed by atoms with van der Waals surface area (Å²) in [5.74, 6) is 2.12. The molecule has 1 aromatic heterocycles. The van der Waals surface area contributed by atoms with Gasteiger partial charge in [0.05, 0.1) is 5.69 Å². The molecule has 0 bridgehead atoms. The van der Waals surface area contributed by atoms with Crippen LogP contribution in [0.4, 0.5) is 0 Å². The molecule has 0 aliphatic heterocycles. The van der Waals surface area contributed by atoms with Gasteiger partial charge in [0.15, 0.2) is 0 Å². The third kappa shape index (κ3) is 5.01. The highest BCUT2D eigenvalue weighted by Gasteiger charge is 2.13. The summed E-state index contributed by atoms with van der Waals surface area (Å²) in [5.41, 5.74) is 2.45. The van der Waals surface area contributed by atoms with Crippen molar-refractivity contribution < 1.29 is 9.21 Å². The van der Waals surface area contributed by atoms with Crippen molar-refractivity contribution in [2.75, 3.05) is 0 Å². The van der Waals surface area contributed by atoms with Crippen molar-refractivity contribution in [1.29, 1.82) is 0 Å². The lowest BCUT2D eigenvalue weighted by atomic mass is 10.1. The van der Waals surface area contributed by atoms with E-state index < -0.39 is 0 Å². The predicted molar refractivity (Wildman–Crippen MR) is 110 cm³/mol. The predicted octanol–water partition coefficient (Wildman–Crippen LogP) is 5.47. The topological polar surface area (TPSA) is 55.1 Å². The first-order chi connectivity index (χ1) is 13.1. The van der Waals surface area contributed by atoms with E-state index in [0.29, 0.717) is 11.5 Å². The number of aryl methyl sites for hydroxylation is 1. The maximum absolute atomic E-state index is 12.2. The van der Waals surface area contributed by atoms with Gasteiger partial charge in [-0.2, -0.15) is 0 Å². The number of aromatic nitrogens is 1. The molecule has 0 unspecified atom stereocenters. The van der Waals surface area contributed by atoms with Crippen molar-refractivity contribution in [3.05, 3.63) is 71.6 Å². The Balaban J connectivity index is 1.69. The largest absolute Gasteiger partial charge is 0.441 e. The first-order valence-corrected chi connectivity index (χ1v) is 10.1. The van der Waals surface area contributed by atoms with Crippen molar-refractivity contribution in [2.45, 2.75) is 43.9 Å². The summed E-state index contributed by atoms with van der Waals surface area (Å²) < 4.78 is 5.85. The standard InChI is InChI=1S/C22H24N2O2S/c1-4-15(2)23-21(25)17-10-12-18(13-11-17)22-24-20(16(3)26-22)14-27-19-8-6-5-7-9-19/h5-13,15H,4,14H2,1-3H3,(H,23,25)/t15-/m0/s1. The van der Waals surface area contributed by atoms with Crippen LogP contribution in [0.15, 0.2) is 63.9 Å². The molecule has 0 spiro atoms. The molecular formula is C22H24N2O2S. The van der Waals surface area contributed by atoms with Crippen molar-refractivity contribution >= 4 is 17.7 Å².